The average molecular weight is 642 g/mol. The number of fused-ring (bicyclic) bond motifs is 6. The minimum atomic E-state index is -0.165. The highest BCUT2D eigenvalue weighted by Gasteiger charge is 2.47. The normalized spacial score (nSPS) is 20.0. The van der Waals surface area contributed by atoms with Crippen LogP contribution in [0, 0.1) is 0 Å². The summed E-state index contributed by atoms with van der Waals surface area (Å²) >= 11 is 11.4. The highest BCUT2D eigenvalue weighted by molar-refractivity contribution is 7.86. The predicted molar refractivity (Wildman–Crippen MR) is 206 cm³/mol. The van der Waals surface area contributed by atoms with Crippen molar-refractivity contribution in [3.63, 3.8) is 0 Å². The summed E-state index contributed by atoms with van der Waals surface area (Å²) < 4.78 is 2.55. The molecule has 4 heteroatoms. The third kappa shape index (κ3) is 4.66. The topological polar surface area (TPSA) is 6.25 Å². The molecule has 0 amide bonds. The van der Waals surface area contributed by atoms with Gasteiger partial charge in [-0.25, -0.2) is 0 Å². The van der Waals surface area contributed by atoms with E-state index in [-0.39, 0.29) is 10.8 Å². The SMILES string of the molecule is CCCCN1/C(=C\C2=C(S)C(=C/C3=[N+](CCCC)c4ccc5ccccc5c4C3(C)C)/C2=S)C(C)(C)c2c1ccc1ccccc21. The van der Waals surface area contributed by atoms with E-state index in [4.69, 9.17) is 24.8 Å². The zero-order valence-electron chi connectivity index (χ0n) is 28.1. The minimum absolute atomic E-state index is 0.165. The molecule has 4 aromatic rings. The Balaban J connectivity index is 1.34. The zero-order valence-corrected chi connectivity index (χ0v) is 29.8. The van der Waals surface area contributed by atoms with Crippen LogP contribution in [-0.2, 0) is 10.8 Å². The number of anilines is 1. The number of rotatable bonds is 8. The molecule has 234 valence electrons. The summed E-state index contributed by atoms with van der Waals surface area (Å²) in [5.41, 5.74) is 9.95. The van der Waals surface area contributed by atoms with E-state index in [1.807, 2.05) is 0 Å². The van der Waals surface area contributed by atoms with Crippen LogP contribution in [0.4, 0.5) is 11.4 Å². The number of benzene rings is 4. The van der Waals surface area contributed by atoms with Gasteiger partial charge in [0.2, 0.25) is 5.69 Å². The second-order valence-electron chi connectivity index (χ2n) is 14.2. The Hall–Kier alpha value is -3.47. The summed E-state index contributed by atoms with van der Waals surface area (Å²) in [6.07, 6.45) is 9.29. The molecule has 0 saturated heterocycles. The van der Waals surface area contributed by atoms with E-state index < -0.39 is 0 Å². The third-order valence-corrected chi connectivity index (χ3v) is 11.5. The first-order chi connectivity index (χ1) is 22.1. The van der Waals surface area contributed by atoms with E-state index in [0.717, 1.165) is 59.7 Å². The summed E-state index contributed by atoms with van der Waals surface area (Å²) in [4.78, 5) is 4.47. The lowest BCUT2D eigenvalue weighted by Gasteiger charge is -2.31. The van der Waals surface area contributed by atoms with Gasteiger partial charge < -0.3 is 4.90 Å². The van der Waals surface area contributed by atoms with Crippen molar-refractivity contribution in [3.8, 4) is 0 Å². The maximum atomic E-state index is 6.23. The number of allylic oxidation sites excluding steroid dienone is 5. The van der Waals surface area contributed by atoms with Gasteiger partial charge in [-0.1, -0.05) is 107 Å². The Labute approximate surface area is 285 Å². The van der Waals surface area contributed by atoms with Crippen LogP contribution in [0.1, 0.15) is 78.4 Å². The molecule has 1 aliphatic carbocycles. The lowest BCUT2D eigenvalue weighted by Crippen LogP contribution is -2.31. The first-order valence-corrected chi connectivity index (χ1v) is 17.9. The van der Waals surface area contributed by atoms with Crippen molar-refractivity contribution in [1.82, 2.24) is 0 Å². The summed E-state index contributed by atoms with van der Waals surface area (Å²) in [5, 5.41) is 5.26. The molecule has 2 aliphatic heterocycles. The Morgan fingerprint density at radius 2 is 1.39 bits per heavy atom. The summed E-state index contributed by atoms with van der Waals surface area (Å²) in [6, 6.07) is 26.8. The maximum Gasteiger partial charge on any atom is 0.210 e. The molecular weight excluding hydrogens is 597 g/mol. The standard InChI is InChI=1S/C42H44N2S2/c1-7-9-23-43-33-21-19-27-15-11-13-17-29(27)37(33)41(3,4)35(43)25-31-39(45)32(40(31)46)26-36-42(5,6)38-30-18-14-12-16-28(30)20-22-34(38)44(36)24-10-8-2/h11-22,25-26H,7-10,23-24H2,1-6H3/p+1. The molecule has 0 bridgehead atoms. The van der Waals surface area contributed by atoms with Crippen molar-refractivity contribution in [1.29, 1.82) is 0 Å². The van der Waals surface area contributed by atoms with Crippen LogP contribution in [0.5, 0.6) is 0 Å². The Bertz CT molecular complexity index is 2050. The Morgan fingerprint density at radius 1 is 0.761 bits per heavy atom. The number of thiocarbonyl (C=S) groups is 1. The molecule has 2 heterocycles. The predicted octanol–water partition coefficient (Wildman–Crippen LogP) is 11.1. The van der Waals surface area contributed by atoms with Gasteiger partial charge in [0, 0.05) is 63.5 Å². The van der Waals surface area contributed by atoms with Crippen LogP contribution in [0.3, 0.4) is 0 Å². The number of thiol groups is 1. The number of unbranched alkanes of at least 4 members (excludes halogenated alkanes) is 2. The van der Waals surface area contributed by atoms with Crippen molar-refractivity contribution in [2.75, 3.05) is 18.0 Å². The molecule has 46 heavy (non-hydrogen) atoms. The molecule has 0 atom stereocenters. The first-order valence-electron chi connectivity index (χ1n) is 17.0. The zero-order chi connectivity index (χ0) is 32.4. The summed E-state index contributed by atoms with van der Waals surface area (Å²) in [7, 11) is 0. The molecule has 3 aliphatic rings. The highest BCUT2D eigenvalue weighted by Crippen LogP contribution is 2.52. The largest absolute Gasteiger partial charge is 0.344 e. The maximum absolute atomic E-state index is 6.23. The molecule has 0 spiro atoms. The van der Waals surface area contributed by atoms with E-state index in [9.17, 15) is 0 Å². The van der Waals surface area contributed by atoms with Gasteiger partial charge in [-0.05, 0) is 65.6 Å². The van der Waals surface area contributed by atoms with Gasteiger partial charge >= 0.3 is 0 Å². The lowest BCUT2D eigenvalue weighted by atomic mass is 9.77. The van der Waals surface area contributed by atoms with Gasteiger partial charge in [0.15, 0.2) is 5.71 Å². The van der Waals surface area contributed by atoms with Crippen LogP contribution < -0.4 is 4.90 Å². The van der Waals surface area contributed by atoms with E-state index in [1.54, 1.807) is 0 Å². The van der Waals surface area contributed by atoms with Gasteiger partial charge in [0.1, 0.15) is 6.54 Å². The van der Waals surface area contributed by atoms with Gasteiger partial charge in [0.25, 0.3) is 0 Å². The molecule has 4 aromatic carbocycles. The molecule has 0 aromatic heterocycles. The molecule has 2 nitrogen and oxygen atoms in total. The lowest BCUT2D eigenvalue weighted by molar-refractivity contribution is -0.438. The van der Waals surface area contributed by atoms with Gasteiger partial charge in [0.05, 0.1) is 10.3 Å². The van der Waals surface area contributed by atoms with Crippen molar-refractivity contribution < 1.29 is 4.58 Å². The molecular formula is C42H45N2S2+. The van der Waals surface area contributed by atoms with E-state index in [1.165, 1.54) is 55.5 Å². The van der Waals surface area contributed by atoms with Crippen LogP contribution in [0.15, 0.2) is 107 Å². The smallest absolute Gasteiger partial charge is 0.210 e. The number of hydrogen-bond acceptors (Lipinski definition) is 3. The van der Waals surface area contributed by atoms with E-state index in [2.05, 4.69) is 136 Å². The third-order valence-electron chi connectivity index (χ3n) is 10.5. The molecule has 0 radical (unpaired) electrons. The van der Waals surface area contributed by atoms with Crippen molar-refractivity contribution in [3.05, 3.63) is 118 Å². The van der Waals surface area contributed by atoms with Crippen LogP contribution >= 0.6 is 24.8 Å². The van der Waals surface area contributed by atoms with Crippen LogP contribution in [-0.4, -0.2) is 28.2 Å². The van der Waals surface area contributed by atoms with Crippen LogP contribution in [0.25, 0.3) is 21.5 Å². The first kappa shape index (κ1) is 31.1. The molecule has 0 unspecified atom stereocenters. The molecule has 0 fully saturated rings. The summed E-state index contributed by atoms with van der Waals surface area (Å²) in [5.74, 6) is 0. The Kier molecular flexibility index (Phi) is 7.89. The van der Waals surface area contributed by atoms with Crippen LogP contribution in [0.2, 0.25) is 0 Å². The van der Waals surface area contributed by atoms with Gasteiger partial charge in [-0.3, -0.25) is 0 Å². The molecule has 0 saturated carbocycles. The number of nitrogens with zero attached hydrogens (tertiary/aromatic N) is 2. The highest BCUT2D eigenvalue weighted by atomic mass is 32.1. The van der Waals surface area contributed by atoms with Gasteiger partial charge in [-0.2, -0.15) is 4.58 Å². The fourth-order valence-electron chi connectivity index (χ4n) is 8.09. The fourth-order valence-corrected chi connectivity index (χ4v) is 8.92. The Morgan fingerprint density at radius 3 is 2.04 bits per heavy atom. The summed E-state index contributed by atoms with van der Waals surface area (Å²) in [6.45, 7) is 16.0. The average Bonchev–Trinajstić information content (AvgIpc) is 3.41. The van der Waals surface area contributed by atoms with Crippen molar-refractivity contribution in [2.45, 2.75) is 78.1 Å². The van der Waals surface area contributed by atoms with E-state index in [0.29, 0.717) is 0 Å². The molecule has 7 rings (SSSR count). The second kappa shape index (κ2) is 11.6. The molecule has 0 N–H and O–H groups in total. The second-order valence-corrected chi connectivity index (χ2v) is 15.0. The minimum Gasteiger partial charge on any atom is -0.344 e. The fraction of sp³-hybridized carbons (Fsp3) is 0.333. The van der Waals surface area contributed by atoms with Crippen molar-refractivity contribution >= 4 is 68.3 Å². The quantitative estimate of drug-likeness (QED) is 0.0885. The van der Waals surface area contributed by atoms with Gasteiger partial charge in [-0.15, -0.1) is 12.6 Å². The van der Waals surface area contributed by atoms with E-state index >= 15 is 0 Å². The van der Waals surface area contributed by atoms with Crippen molar-refractivity contribution in [2.24, 2.45) is 0 Å². The number of hydrogen-bond donors (Lipinski definition) is 1. The monoisotopic (exact) mass is 641 g/mol.